The fraction of sp³-hybridized carbons (Fsp3) is 0.471. The van der Waals surface area contributed by atoms with Gasteiger partial charge in [0.05, 0.1) is 17.4 Å². The van der Waals surface area contributed by atoms with E-state index in [1.54, 1.807) is 6.07 Å². The van der Waals surface area contributed by atoms with Crippen molar-refractivity contribution >= 4 is 0 Å². The average Bonchev–Trinajstić information content (AvgIpc) is 2.82. The van der Waals surface area contributed by atoms with Gasteiger partial charge >= 0.3 is 0 Å². The topological polar surface area (TPSA) is 29.9 Å². The third-order valence-electron chi connectivity index (χ3n) is 3.77. The first-order valence-electron chi connectivity index (χ1n) is 7.57. The lowest BCUT2D eigenvalue weighted by molar-refractivity contribution is 0.489. The van der Waals surface area contributed by atoms with E-state index in [4.69, 9.17) is 0 Å². The van der Waals surface area contributed by atoms with Gasteiger partial charge in [0, 0.05) is 6.54 Å². The summed E-state index contributed by atoms with van der Waals surface area (Å²) >= 11 is 0. The van der Waals surface area contributed by atoms with Crippen LogP contribution in [0.25, 0.3) is 0 Å². The number of benzene rings is 1. The molecule has 0 amide bonds. The molecule has 2 rings (SSSR count). The van der Waals surface area contributed by atoms with Crippen LogP contribution in [0.5, 0.6) is 0 Å². The Kier molecular flexibility index (Phi) is 5.12. The van der Waals surface area contributed by atoms with Crippen LogP contribution < -0.4 is 5.32 Å². The van der Waals surface area contributed by atoms with Crippen molar-refractivity contribution in [1.29, 1.82) is 0 Å². The van der Waals surface area contributed by atoms with Crippen LogP contribution in [0, 0.1) is 19.7 Å². The fourth-order valence-electron chi connectivity index (χ4n) is 2.74. The number of rotatable bonds is 6. The third kappa shape index (κ3) is 3.70. The molecule has 1 unspecified atom stereocenters. The van der Waals surface area contributed by atoms with Gasteiger partial charge in [0.2, 0.25) is 0 Å². The van der Waals surface area contributed by atoms with E-state index in [1.807, 2.05) is 24.6 Å². The quantitative estimate of drug-likeness (QED) is 0.881. The molecule has 2 aromatic rings. The lowest BCUT2D eigenvalue weighted by Crippen LogP contribution is -2.26. The van der Waals surface area contributed by atoms with Crippen LogP contribution in [0.2, 0.25) is 0 Å². The van der Waals surface area contributed by atoms with E-state index in [0.29, 0.717) is 0 Å². The molecule has 0 radical (unpaired) electrons. The van der Waals surface area contributed by atoms with Gasteiger partial charge in [-0.05, 0) is 63.1 Å². The molecule has 1 atom stereocenters. The molecular weight excluding hydrogens is 265 g/mol. The standard InChI is InChI=1S/C17H24FN3/c1-5-19-16(17-10-13(4)20-21(17)6-2)11-14-7-8-15(18)9-12(14)3/h7-10,16,19H,5-6,11H2,1-4H3. The molecule has 1 heterocycles. The van der Waals surface area contributed by atoms with E-state index in [2.05, 4.69) is 30.3 Å². The minimum Gasteiger partial charge on any atom is -0.309 e. The zero-order valence-electron chi connectivity index (χ0n) is 13.3. The van der Waals surface area contributed by atoms with E-state index in [0.717, 1.165) is 30.8 Å². The van der Waals surface area contributed by atoms with Gasteiger partial charge in [-0.2, -0.15) is 5.10 Å². The van der Waals surface area contributed by atoms with Crippen molar-refractivity contribution in [3.8, 4) is 0 Å². The SMILES string of the molecule is CCNC(Cc1ccc(F)cc1C)c1cc(C)nn1CC. The molecule has 114 valence electrons. The van der Waals surface area contributed by atoms with Crippen LogP contribution in [0.4, 0.5) is 4.39 Å². The molecule has 4 heteroatoms. The van der Waals surface area contributed by atoms with E-state index in [-0.39, 0.29) is 11.9 Å². The Morgan fingerprint density at radius 3 is 2.62 bits per heavy atom. The zero-order valence-corrected chi connectivity index (χ0v) is 13.3. The molecule has 21 heavy (non-hydrogen) atoms. The summed E-state index contributed by atoms with van der Waals surface area (Å²) in [5.41, 5.74) is 4.40. The Labute approximate surface area is 126 Å². The van der Waals surface area contributed by atoms with Crippen molar-refractivity contribution in [2.45, 2.75) is 46.7 Å². The van der Waals surface area contributed by atoms with Crippen molar-refractivity contribution in [3.05, 3.63) is 52.6 Å². The summed E-state index contributed by atoms with van der Waals surface area (Å²) in [6, 6.07) is 7.35. The average molecular weight is 289 g/mol. The van der Waals surface area contributed by atoms with Crippen molar-refractivity contribution in [3.63, 3.8) is 0 Å². The first-order valence-corrected chi connectivity index (χ1v) is 7.57. The molecule has 0 saturated carbocycles. The van der Waals surface area contributed by atoms with Crippen molar-refractivity contribution in [1.82, 2.24) is 15.1 Å². The summed E-state index contributed by atoms with van der Waals surface area (Å²) in [7, 11) is 0. The Bertz CT molecular complexity index is 604. The fourth-order valence-corrected chi connectivity index (χ4v) is 2.74. The first-order chi connectivity index (χ1) is 10.0. The number of aryl methyl sites for hydroxylation is 3. The van der Waals surface area contributed by atoms with Crippen molar-refractivity contribution in [2.75, 3.05) is 6.54 Å². The molecule has 0 saturated heterocycles. The molecular formula is C17H24FN3. The molecule has 1 aromatic heterocycles. The number of aromatic nitrogens is 2. The van der Waals surface area contributed by atoms with E-state index >= 15 is 0 Å². The molecule has 0 bridgehead atoms. The predicted molar refractivity (Wildman–Crippen MR) is 83.9 cm³/mol. The highest BCUT2D eigenvalue weighted by molar-refractivity contribution is 5.29. The number of halogens is 1. The molecule has 0 aliphatic heterocycles. The van der Waals surface area contributed by atoms with E-state index in [1.165, 1.54) is 17.3 Å². The Morgan fingerprint density at radius 1 is 1.24 bits per heavy atom. The van der Waals surface area contributed by atoms with Crippen LogP contribution in [-0.4, -0.2) is 16.3 Å². The molecule has 0 aliphatic carbocycles. The summed E-state index contributed by atoms with van der Waals surface area (Å²) in [6.45, 7) is 9.92. The summed E-state index contributed by atoms with van der Waals surface area (Å²) in [6.07, 6.45) is 0.838. The van der Waals surface area contributed by atoms with Crippen LogP contribution in [0.1, 0.15) is 42.4 Å². The van der Waals surface area contributed by atoms with Gasteiger partial charge in [-0.15, -0.1) is 0 Å². The van der Waals surface area contributed by atoms with Crippen molar-refractivity contribution < 1.29 is 4.39 Å². The molecule has 1 aromatic carbocycles. The number of nitrogens with one attached hydrogen (secondary N) is 1. The summed E-state index contributed by atoms with van der Waals surface area (Å²) in [4.78, 5) is 0. The molecule has 1 N–H and O–H groups in total. The van der Waals surface area contributed by atoms with Crippen molar-refractivity contribution in [2.24, 2.45) is 0 Å². The lowest BCUT2D eigenvalue weighted by Gasteiger charge is -2.20. The van der Waals surface area contributed by atoms with Gasteiger partial charge in [0.1, 0.15) is 5.82 Å². The van der Waals surface area contributed by atoms with E-state index in [9.17, 15) is 4.39 Å². The second-order valence-electron chi connectivity index (χ2n) is 5.41. The summed E-state index contributed by atoms with van der Waals surface area (Å²) in [5, 5.41) is 8.05. The van der Waals surface area contributed by atoms with Gasteiger partial charge < -0.3 is 5.32 Å². The number of nitrogens with zero attached hydrogens (tertiary/aromatic N) is 2. The number of hydrogen-bond acceptors (Lipinski definition) is 2. The monoisotopic (exact) mass is 289 g/mol. The van der Waals surface area contributed by atoms with Gasteiger partial charge in [0.15, 0.2) is 0 Å². The molecule has 0 fully saturated rings. The summed E-state index contributed by atoms with van der Waals surface area (Å²) in [5.74, 6) is -0.175. The Hall–Kier alpha value is -1.68. The summed E-state index contributed by atoms with van der Waals surface area (Å²) < 4.78 is 15.3. The smallest absolute Gasteiger partial charge is 0.123 e. The Morgan fingerprint density at radius 2 is 2.00 bits per heavy atom. The zero-order chi connectivity index (χ0) is 15.4. The first kappa shape index (κ1) is 15.7. The van der Waals surface area contributed by atoms with E-state index < -0.39 is 0 Å². The van der Waals surface area contributed by atoms with Gasteiger partial charge in [0.25, 0.3) is 0 Å². The number of hydrogen-bond donors (Lipinski definition) is 1. The maximum absolute atomic E-state index is 13.2. The molecule has 0 spiro atoms. The van der Waals surface area contributed by atoms with Gasteiger partial charge in [-0.25, -0.2) is 4.39 Å². The lowest BCUT2D eigenvalue weighted by atomic mass is 9.98. The maximum atomic E-state index is 13.2. The third-order valence-corrected chi connectivity index (χ3v) is 3.77. The highest BCUT2D eigenvalue weighted by Gasteiger charge is 2.17. The second-order valence-corrected chi connectivity index (χ2v) is 5.41. The van der Waals surface area contributed by atoms with Crippen LogP contribution >= 0.6 is 0 Å². The normalized spacial score (nSPS) is 12.6. The largest absolute Gasteiger partial charge is 0.309 e. The van der Waals surface area contributed by atoms with Gasteiger partial charge in [-0.3, -0.25) is 4.68 Å². The maximum Gasteiger partial charge on any atom is 0.123 e. The number of likely N-dealkylation sites (N-methyl/N-ethyl adjacent to an activating group) is 1. The molecule has 3 nitrogen and oxygen atoms in total. The van der Waals surface area contributed by atoms with Crippen LogP contribution in [0.15, 0.2) is 24.3 Å². The van der Waals surface area contributed by atoms with Crippen LogP contribution in [-0.2, 0) is 13.0 Å². The minimum atomic E-state index is -0.175. The molecule has 0 aliphatic rings. The Balaban J connectivity index is 2.30. The minimum absolute atomic E-state index is 0.175. The predicted octanol–water partition coefficient (Wildman–Crippen LogP) is 3.55. The highest BCUT2D eigenvalue weighted by atomic mass is 19.1. The van der Waals surface area contributed by atoms with Gasteiger partial charge in [-0.1, -0.05) is 13.0 Å². The highest BCUT2D eigenvalue weighted by Crippen LogP contribution is 2.22. The van der Waals surface area contributed by atoms with Crippen LogP contribution in [0.3, 0.4) is 0 Å². The second kappa shape index (κ2) is 6.85.